The predicted octanol–water partition coefficient (Wildman–Crippen LogP) is 6.82. The molecule has 278 valence electrons. The number of rotatable bonds is 9. The molecule has 1 aromatic heterocycles. The summed E-state index contributed by atoms with van der Waals surface area (Å²) in [5, 5.41) is 11.2. The highest BCUT2D eigenvalue weighted by Gasteiger charge is 2.25. The van der Waals surface area contributed by atoms with Crippen molar-refractivity contribution in [2.45, 2.75) is 82.8 Å². The average Bonchev–Trinajstić information content (AvgIpc) is 3.74. The fourth-order valence-corrected chi connectivity index (χ4v) is 9.57. The molecule has 2 unspecified atom stereocenters. The van der Waals surface area contributed by atoms with Crippen LogP contribution in [0.15, 0.2) is 142 Å². The van der Waals surface area contributed by atoms with Gasteiger partial charge >= 0.3 is 0 Å². The van der Waals surface area contributed by atoms with Gasteiger partial charge in [0.05, 0.1) is 25.4 Å². The molecule has 1 heterocycles. The van der Waals surface area contributed by atoms with Gasteiger partial charge in [0.2, 0.25) is 19.7 Å². The van der Waals surface area contributed by atoms with Gasteiger partial charge in [-0.2, -0.15) is 5.10 Å². The van der Waals surface area contributed by atoms with Crippen LogP contribution in [0.1, 0.15) is 72.6 Å². The van der Waals surface area contributed by atoms with Crippen LogP contribution in [0.2, 0.25) is 0 Å². The Labute approximate surface area is 313 Å². The second kappa shape index (κ2) is 17.7. The van der Waals surface area contributed by atoms with E-state index in [0.717, 1.165) is 56.1 Å². The van der Waals surface area contributed by atoms with Gasteiger partial charge in [0.15, 0.2) is 0 Å². The Morgan fingerprint density at radius 1 is 0.717 bits per heavy atom. The summed E-state index contributed by atoms with van der Waals surface area (Å²) in [6.45, 7) is 4.10. The summed E-state index contributed by atoms with van der Waals surface area (Å²) in [4.78, 5) is 1.41. The van der Waals surface area contributed by atoms with E-state index in [1.165, 1.54) is 15.8 Å². The highest BCUT2D eigenvalue weighted by atomic mass is 32.2. The Bertz CT molecular complexity index is 2220. The zero-order valence-electron chi connectivity index (χ0n) is 29.8. The molecule has 0 saturated carbocycles. The molecule has 0 spiro atoms. The molecule has 7 N–H and O–H groups in total. The largest absolute Gasteiger partial charge is 0.388 e. The minimum absolute atomic E-state index is 0.213. The number of fused-ring (bicyclic) bond motifs is 2. The molecule has 12 heteroatoms. The number of sulfone groups is 2. The van der Waals surface area contributed by atoms with E-state index in [1.807, 2.05) is 36.4 Å². The zero-order valence-corrected chi connectivity index (χ0v) is 31.4. The summed E-state index contributed by atoms with van der Waals surface area (Å²) >= 11 is 0. The highest BCUT2D eigenvalue weighted by molar-refractivity contribution is 7.91. The third-order valence-corrected chi connectivity index (χ3v) is 13.2. The highest BCUT2D eigenvalue weighted by Crippen LogP contribution is 2.37. The summed E-state index contributed by atoms with van der Waals surface area (Å²) in [6.07, 6.45) is 11.0. The number of aryl methyl sites for hydroxylation is 2. The van der Waals surface area contributed by atoms with Crippen LogP contribution in [-0.2, 0) is 32.5 Å². The van der Waals surface area contributed by atoms with Gasteiger partial charge in [-0.25, -0.2) is 21.5 Å². The van der Waals surface area contributed by atoms with Crippen LogP contribution < -0.4 is 17.2 Å². The van der Waals surface area contributed by atoms with Crippen LogP contribution in [0.3, 0.4) is 0 Å². The van der Waals surface area contributed by atoms with Crippen molar-refractivity contribution in [3.8, 4) is 0 Å². The quantitative estimate of drug-likeness (QED) is 0.0932. The molecule has 0 bridgehead atoms. The fraction of sp³-hybridized carbons (Fsp3) is 0.268. The molecule has 53 heavy (non-hydrogen) atoms. The standard InChI is InChI=1S/C19H22N2O2S.C17H19NO2S.C5H7N3/c20-19(21)12-9-14-5-4-6-15-13-17(10-11-18(14)15)24(22,23)16-7-2-1-3-8-16;18-12-14-6-4-5-13-11-16(9-10-17(13)14)21(19,20)15-7-2-1-3-8-15;1-5(6)8-4-2-3-7-8/h1-3,7-8,10-11,13-14H,4-6,9,12H2,(H3,20,21);1-3,7-11,14H,4-6,12,18H2;2-4H,1,6H2. The van der Waals surface area contributed by atoms with Gasteiger partial charge in [-0.3, -0.25) is 5.41 Å². The Kier molecular flexibility index (Phi) is 13.0. The van der Waals surface area contributed by atoms with Crippen LogP contribution >= 0.6 is 0 Å². The number of benzene rings is 4. The summed E-state index contributed by atoms with van der Waals surface area (Å²) in [5.41, 5.74) is 21.2. The average molecular weight is 753 g/mol. The predicted molar refractivity (Wildman–Crippen MR) is 210 cm³/mol. The lowest BCUT2D eigenvalue weighted by molar-refractivity contribution is 0.526. The van der Waals surface area contributed by atoms with E-state index in [0.29, 0.717) is 50.2 Å². The van der Waals surface area contributed by atoms with Gasteiger partial charge < -0.3 is 17.2 Å². The van der Waals surface area contributed by atoms with Crippen LogP contribution in [0, 0.1) is 5.41 Å². The van der Waals surface area contributed by atoms with E-state index in [9.17, 15) is 16.8 Å². The van der Waals surface area contributed by atoms with Gasteiger partial charge in [0, 0.05) is 18.8 Å². The molecule has 10 nitrogen and oxygen atoms in total. The van der Waals surface area contributed by atoms with E-state index in [4.69, 9.17) is 22.6 Å². The first-order valence-electron chi connectivity index (χ1n) is 17.7. The minimum atomic E-state index is -3.47. The first-order valence-corrected chi connectivity index (χ1v) is 20.7. The van der Waals surface area contributed by atoms with Gasteiger partial charge in [-0.15, -0.1) is 0 Å². The van der Waals surface area contributed by atoms with Gasteiger partial charge in [-0.05, 0) is 140 Å². The molecule has 7 rings (SSSR count). The second-order valence-corrected chi connectivity index (χ2v) is 17.2. The summed E-state index contributed by atoms with van der Waals surface area (Å²) in [6, 6.07) is 29.9. The third-order valence-electron chi connectivity index (χ3n) is 9.68. The molecule has 0 amide bonds. The van der Waals surface area contributed by atoms with Gasteiger partial charge in [-0.1, -0.05) is 55.1 Å². The van der Waals surface area contributed by atoms with E-state index in [-0.39, 0.29) is 5.84 Å². The normalized spacial score (nSPS) is 16.4. The van der Waals surface area contributed by atoms with Crippen molar-refractivity contribution in [2.24, 2.45) is 17.2 Å². The lowest BCUT2D eigenvalue weighted by atomic mass is 9.80. The first-order chi connectivity index (χ1) is 25.4. The maximum atomic E-state index is 12.8. The Morgan fingerprint density at radius 2 is 1.21 bits per heavy atom. The van der Waals surface area contributed by atoms with Crippen molar-refractivity contribution in [3.63, 3.8) is 0 Å². The SMILES string of the molecule is C=C(N)n1cccn1.N=C(N)CCC1CCCc2cc(S(=O)(=O)c3ccccc3)ccc21.NCC1CCCc2cc(S(=O)(=O)c3ccccc3)ccc21. The summed E-state index contributed by atoms with van der Waals surface area (Å²) < 4.78 is 52.3. The molecule has 2 atom stereocenters. The summed E-state index contributed by atoms with van der Waals surface area (Å²) in [5.74, 6) is 1.38. The molecule has 0 fully saturated rings. The maximum absolute atomic E-state index is 12.8. The number of hydrogen-bond donors (Lipinski definition) is 4. The second-order valence-electron chi connectivity index (χ2n) is 13.3. The number of aromatic nitrogens is 2. The van der Waals surface area contributed by atoms with Crippen molar-refractivity contribution >= 4 is 31.3 Å². The number of nitrogens with zero attached hydrogens (tertiary/aromatic N) is 2. The smallest absolute Gasteiger partial charge is 0.206 e. The number of nitrogens with one attached hydrogen (secondary N) is 1. The molecule has 4 aromatic carbocycles. The van der Waals surface area contributed by atoms with Crippen LogP contribution in [0.5, 0.6) is 0 Å². The third kappa shape index (κ3) is 9.69. The van der Waals surface area contributed by atoms with Crippen molar-refractivity contribution in [3.05, 3.63) is 144 Å². The maximum Gasteiger partial charge on any atom is 0.206 e. The number of nitrogens with two attached hydrogens (primary N) is 3. The van der Waals surface area contributed by atoms with E-state index < -0.39 is 19.7 Å². The molecular formula is C41H48N6O4S2. The lowest BCUT2D eigenvalue weighted by Gasteiger charge is -2.26. The van der Waals surface area contributed by atoms with Crippen molar-refractivity contribution < 1.29 is 16.8 Å². The molecule has 2 aliphatic carbocycles. The van der Waals surface area contributed by atoms with E-state index in [1.54, 1.807) is 79.1 Å². The molecule has 5 aromatic rings. The van der Waals surface area contributed by atoms with E-state index >= 15 is 0 Å². The van der Waals surface area contributed by atoms with Gasteiger partial charge in [0.1, 0.15) is 5.82 Å². The zero-order chi connectivity index (χ0) is 38.0. The van der Waals surface area contributed by atoms with Gasteiger partial charge in [0.25, 0.3) is 0 Å². The Balaban J connectivity index is 0.000000170. The lowest BCUT2D eigenvalue weighted by Crippen LogP contribution is -2.18. The van der Waals surface area contributed by atoms with Crippen molar-refractivity contribution in [1.82, 2.24) is 9.78 Å². The number of amidine groups is 1. The van der Waals surface area contributed by atoms with Crippen LogP contribution in [0.25, 0.3) is 5.82 Å². The minimum Gasteiger partial charge on any atom is -0.388 e. The Hall–Kier alpha value is -5.04. The number of hydrogen-bond acceptors (Lipinski definition) is 8. The van der Waals surface area contributed by atoms with Crippen LogP contribution in [-0.4, -0.2) is 39.0 Å². The molecule has 0 saturated heterocycles. The fourth-order valence-electron chi connectivity index (χ4n) is 6.90. The van der Waals surface area contributed by atoms with Crippen molar-refractivity contribution in [1.29, 1.82) is 5.41 Å². The van der Waals surface area contributed by atoms with E-state index in [2.05, 4.69) is 11.7 Å². The molecule has 0 aliphatic heterocycles. The molecule has 2 aliphatic rings. The van der Waals surface area contributed by atoms with Crippen LogP contribution in [0.4, 0.5) is 0 Å². The topological polar surface area (TPSA) is 188 Å². The first kappa shape index (κ1) is 39.2. The molecular weight excluding hydrogens is 705 g/mol. The Morgan fingerprint density at radius 3 is 1.62 bits per heavy atom. The molecule has 0 radical (unpaired) electrons. The monoisotopic (exact) mass is 752 g/mol. The van der Waals surface area contributed by atoms with Crippen molar-refractivity contribution in [2.75, 3.05) is 6.54 Å². The summed E-state index contributed by atoms with van der Waals surface area (Å²) in [7, 11) is -6.90.